The first-order valence-corrected chi connectivity index (χ1v) is 10.1. The Balaban J connectivity index is 1.93. The topological polar surface area (TPSA) is 109 Å². The average molecular weight is 441 g/mol. The van der Waals surface area contributed by atoms with E-state index in [1.165, 1.54) is 36.6 Å². The minimum Gasteiger partial charge on any atom is -0.478 e. The van der Waals surface area contributed by atoms with Crippen molar-refractivity contribution in [1.29, 1.82) is 0 Å². The SMILES string of the molecule is O=C(O)c1cc(S(=O)(=O)Nc2ccc(Cl)cc2)c(Cl)cc1NCc1ccco1. The Kier molecular flexibility index (Phi) is 5.83. The fourth-order valence-corrected chi connectivity index (χ4v) is 4.15. The zero-order valence-corrected chi connectivity index (χ0v) is 16.5. The standard InChI is InChI=1S/C18H14Cl2N2O5S/c19-11-3-5-12(6-4-11)22-28(25,26)17-8-14(18(23)24)16(9-15(17)20)21-10-13-2-1-7-27-13/h1-9,21-22H,10H2,(H,23,24). The van der Waals surface area contributed by atoms with Crippen LogP contribution in [0.2, 0.25) is 10.0 Å². The summed E-state index contributed by atoms with van der Waals surface area (Å²) in [5.41, 5.74) is 0.184. The number of benzene rings is 2. The van der Waals surface area contributed by atoms with Gasteiger partial charge in [-0.1, -0.05) is 23.2 Å². The summed E-state index contributed by atoms with van der Waals surface area (Å²) < 4.78 is 32.9. The van der Waals surface area contributed by atoms with Crippen LogP contribution in [0.4, 0.5) is 11.4 Å². The zero-order chi connectivity index (χ0) is 20.3. The van der Waals surface area contributed by atoms with Gasteiger partial charge in [0.05, 0.1) is 29.1 Å². The lowest BCUT2D eigenvalue weighted by molar-refractivity contribution is 0.0697. The average Bonchev–Trinajstić information content (AvgIpc) is 3.15. The molecule has 28 heavy (non-hydrogen) atoms. The molecule has 0 aliphatic carbocycles. The number of furan rings is 1. The highest BCUT2D eigenvalue weighted by Crippen LogP contribution is 2.31. The number of aromatic carboxylic acids is 1. The summed E-state index contributed by atoms with van der Waals surface area (Å²) in [7, 11) is -4.12. The molecular weight excluding hydrogens is 427 g/mol. The summed E-state index contributed by atoms with van der Waals surface area (Å²) in [6, 6.07) is 11.7. The van der Waals surface area contributed by atoms with E-state index >= 15 is 0 Å². The van der Waals surface area contributed by atoms with Crippen LogP contribution < -0.4 is 10.0 Å². The zero-order valence-electron chi connectivity index (χ0n) is 14.1. The van der Waals surface area contributed by atoms with Crippen molar-refractivity contribution in [3.05, 3.63) is 76.2 Å². The molecule has 0 fully saturated rings. The van der Waals surface area contributed by atoms with E-state index in [4.69, 9.17) is 27.6 Å². The molecule has 0 bridgehead atoms. The molecule has 0 unspecified atom stereocenters. The van der Waals surface area contributed by atoms with Crippen LogP contribution in [0, 0.1) is 0 Å². The second kappa shape index (κ2) is 8.14. The highest BCUT2D eigenvalue weighted by molar-refractivity contribution is 7.92. The molecule has 3 N–H and O–H groups in total. The highest BCUT2D eigenvalue weighted by atomic mass is 35.5. The Morgan fingerprint density at radius 1 is 1.11 bits per heavy atom. The van der Waals surface area contributed by atoms with Gasteiger partial charge in [-0.3, -0.25) is 4.72 Å². The number of hydrogen-bond donors (Lipinski definition) is 3. The summed E-state index contributed by atoms with van der Waals surface area (Å²) in [4.78, 5) is 11.3. The Morgan fingerprint density at radius 2 is 1.82 bits per heavy atom. The third-order valence-electron chi connectivity index (χ3n) is 3.72. The van der Waals surface area contributed by atoms with Gasteiger partial charge in [-0.25, -0.2) is 13.2 Å². The molecule has 0 aliphatic heterocycles. The van der Waals surface area contributed by atoms with Crippen molar-refractivity contribution >= 4 is 50.6 Å². The second-order valence-electron chi connectivity index (χ2n) is 5.68. The predicted molar refractivity (Wildman–Crippen MR) is 107 cm³/mol. The van der Waals surface area contributed by atoms with Gasteiger partial charge in [0.15, 0.2) is 0 Å². The van der Waals surface area contributed by atoms with Gasteiger partial charge in [0, 0.05) is 10.7 Å². The van der Waals surface area contributed by atoms with Crippen LogP contribution in [-0.2, 0) is 16.6 Å². The van der Waals surface area contributed by atoms with E-state index in [-0.39, 0.29) is 33.4 Å². The van der Waals surface area contributed by atoms with Crippen LogP contribution in [-0.4, -0.2) is 19.5 Å². The number of anilines is 2. The fourth-order valence-electron chi connectivity index (χ4n) is 2.41. The van der Waals surface area contributed by atoms with Crippen LogP contribution in [0.25, 0.3) is 0 Å². The molecule has 1 heterocycles. The maximum atomic E-state index is 12.7. The molecule has 0 saturated carbocycles. The van der Waals surface area contributed by atoms with Gasteiger partial charge in [-0.15, -0.1) is 0 Å². The normalized spacial score (nSPS) is 11.2. The van der Waals surface area contributed by atoms with E-state index in [0.29, 0.717) is 10.8 Å². The van der Waals surface area contributed by atoms with Crippen molar-refractivity contribution in [2.45, 2.75) is 11.4 Å². The molecule has 1 aromatic heterocycles. The number of sulfonamides is 1. The van der Waals surface area contributed by atoms with Crippen LogP contribution in [0.5, 0.6) is 0 Å². The Bertz CT molecular complexity index is 1100. The minimum absolute atomic E-state index is 0.131. The Labute approximate surface area is 170 Å². The lowest BCUT2D eigenvalue weighted by Gasteiger charge is -2.14. The lowest BCUT2D eigenvalue weighted by Crippen LogP contribution is -2.15. The van der Waals surface area contributed by atoms with Crippen molar-refractivity contribution in [1.82, 2.24) is 0 Å². The summed E-state index contributed by atoms with van der Waals surface area (Å²) in [5.74, 6) is -0.727. The van der Waals surface area contributed by atoms with E-state index in [1.54, 1.807) is 12.1 Å². The Morgan fingerprint density at radius 3 is 2.43 bits per heavy atom. The predicted octanol–water partition coefficient (Wildman–Crippen LogP) is 4.70. The number of carboxylic acids is 1. The second-order valence-corrected chi connectivity index (χ2v) is 8.17. The van der Waals surface area contributed by atoms with Crippen molar-refractivity contribution < 1.29 is 22.7 Å². The first-order chi connectivity index (χ1) is 13.3. The number of rotatable bonds is 7. The van der Waals surface area contributed by atoms with Gasteiger partial charge < -0.3 is 14.8 Å². The molecule has 3 aromatic rings. The fraction of sp³-hybridized carbons (Fsp3) is 0.0556. The van der Waals surface area contributed by atoms with Crippen LogP contribution >= 0.6 is 23.2 Å². The molecule has 0 aliphatic rings. The molecule has 0 radical (unpaired) electrons. The van der Waals surface area contributed by atoms with E-state index < -0.39 is 16.0 Å². The number of nitrogens with one attached hydrogen (secondary N) is 2. The van der Waals surface area contributed by atoms with Gasteiger partial charge in [-0.2, -0.15) is 0 Å². The Hall–Kier alpha value is -2.68. The molecule has 0 spiro atoms. The van der Waals surface area contributed by atoms with Crippen molar-refractivity contribution in [2.24, 2.45) is 0 Å². The largest absolute Gasteiger partial charge is 0.478 e. The first-order valence-electron chi connectivity index (χ1n) is 7.88. The van der Waals surface area contributed by atoms with Gasteiger partial charge in [0.2, 0.25) is 0 Å². The molecule has 146 valence electrons. The smallest absolute Gasteiger partial charge is 0.337 e. The van der Waals surface area contributed by atoms with E-state index in [0.717, 1.165) is 6.07 Å². The van der Waals surface area contributed by atoms with Crippen molar-refractivity contribution in [2.75, 3.05) is 10.0 Å². The van der Waals surface area contributed by atoms with Crippen LogP contribution in [0.1, 0.15) is 16.1 Å². The minimum atomic E-state index is -4.12. The lowest BCUT2D eigenvalue weighted by atomic mass is 10.1. The van der Waals surface area contributed by atoms with Crippen molar-refractivity contribution in [3.63, 3.8) is 0 Å². The third-order valence-corrected chi connectivity index (χ3v) is 5.82. The number of halogens is 2. The van der Waals surface area contributed by atoms with Gasteiger partial charge in [-0.05, 0) is 48.5 Å². The number of hydrogen-bond acceptors (Lipinski definition) is 5. The molecule has 7 nitrogen and oxygen atoms in total. The maximum Gasteiger partial charge on any atom is 0.337 e. The highest BCUT2D eigenvalue weighted by Gasteiger charge is 2.23. The summed E-state index contributed by atoms with van der Waals surface area (Å²) >= 11 is 11.9. The maximum absolute atomic E-state index is 12.7. The molecule has 0 atom stereocenters. The quantitative estimate of drug-likeness (QED) is 0.491. The van der Waals surface area contributed by atoms with Crippen LogP contribution in [0.15, 0.2) is 64.1 Å². The summed E-state index contributed by atoms with van der Waals surface area (Å²) in [5, 5.41) is 12.7. The van der Waals surface area contributed by atoms with Crippen molar-refractivity contribution in [3.8, 4) is 0 Å². The van der Waals surface area contributed by atoms with Gasteiger partial charge in [0.1, 0.15) is 10.7 Å². The molecule has 2 aromatic carbocycles. The number of carbonyl (C=O) groups is 1. The molecular formula is C18H14Cl2N2O5S. The third kappa shape index (κ3) is 4.59. The van der Waals surface area contributed by atoms with E-state index in [1.807, 2.05) is 0 Å². The summed E-state index contributed by atoms with van der Waals surface area (Å²) in [6.07, 6.45) is 1.49. The molecule has 0 saturated heterocycles. The first kappa shape index (κ1) is 20.1. The van der Waals surface area contributed by atoms with Crippen LogP contribution in [0.3, 0.4) is 0 Å². The van der Waals surface area contributed by atoms with Gasteiger partial charge in [0.25, 0.3) is 10.0 Å². The van der Waals surface area contributed by atoms with E-state index in [9.17, 15) is 18.3 Å². The molecule has 0 amide bonds. The van der Waals surface area contributed by atoms with Gasteiger partial charge >= 0.3 is 5.97 Å². The van der Waals surface area contributed by atoms with E-state index in [2.05, 4.69) is 10.0 Å². The molecule has 3 rings (SSSR count). The monoisotopic (exact) mass is 440 g/mol. The number of carboxylic acid groups (broad SMARTS) is 1. The molecule has 10 heteroatoms. The summed E-state index contributed by atoms with van der Waals surface area (Å²) in [6.45, 7) is 0.207.